The highest BCUT2D eigenvalue weighted by atomic mass is 19.2. The molecule has 2 aliphatic rings. The van der Waals surface area contributed by atoms with E-state index >= 15 is 8.78 Å². The van der Waals surface area contributed by atoms with Crippen LogP contribution < -0.4 is 4.74 Å². The van der Waals surface area contributed by atoms with E-state index < -0.39 is 34.9 Å². The first-order valence-electron chi connectivity index (χ1n) is 15.6. The van der Waals surface area contributed by atoms with Gasteiger partial charge in [0, 0.05) is 22.3 Å². The van der Waals surface area contributed by atoms with Gasteiger partial charge in [-0.3, -0.25) is 0 Å². The summed E-state index contributed by atoms with van der Waals surface area (Å²) < 4.78 is 93.6. The Bertz CT molecular complexity index is 1570. The smallest absolute Gasteiger partial charge is 0.201 e. The van der Waals surface area contributed by atoms with Crippen LogP contribution in [0.25, 0.3) is 22.3 Å². The Hall–Kier alpha value is -3.48. The molecule has 0 N–H and O–H groups in total. The van der Waals surface area contributed by atoms with Gasteiger partial charge in [-0.05, 0) is 105 Å². The molecule has 0 fully saturated rings. The number of ether oxygens (including phenoxy) is 1. The van der Waals surface area contributed by atoms with E-state index in [1.807, 2.05) is 19.1 Å². The number of hydrogen-bond acceptors (Lipinski definition) is 1. The standard InChI is InChI=1S/C37H38F6O/c1-3-4-21-44-31-20-19-30(36(42)37(31)43)29-18-17-28(34(40)35(29)41)26-14-10-24(11-15-26)7-6-23-8-12-25(13-9-23)27-16-5-22(2)32(38)33(27)39/h5,12,14,16-20,23-24H,3-4,6-11,13,15,21H2,1-2H3. The second-order valence-electron chi connectivity index (χ2n) is 12.1. The van der Waals surface area contributed by atoms with Gasteiger partial charge in [-0.25, -0.2) is 22.0 Å². The van der Waals surface area contributed by atoms with Crippen molar-refractivity contribution in [2.24, 2.45) is 11.8 Å². The molecule has 2 atom stereocenters. The zero-order valence-electron chi connectivity index (χ0n) is 25.2. The highest BCUT2D eigenvalue weighted by molar-refractivity contribution is 5.73. The average Bonchev–Trinajstić information content (AvgIpc) is 3.03. The molecular weight excluding hydrogens is 574 g/mol. The third-order valence-corrected chi connectivity index (χ3v) is 9.16. The van der Waals surface area contributed by atoms with Crippen molar-refractivity contribution < 1.29 is 31.1 Å². The number of allylic oxidation sites excluding steroid dienone is 4. The van der Waals surface area contributed by atoms with E-state index in [1.54, 1.807) is 19.1 Å². The molecule has 0 saturated carbocycles. The molecule has 3 aromatic carbocycles. The number of unbranched alkanes of at least 4 members (excludes halogenated alkanes) is 1. The van der Waals surface area contributed by atoms with E-state index in [0.717, 1.165) is 50.5 Å². The van der Waals surface area contributed by atoms with Crippen LogP contribution in [0.1, 0.15) is 87.8 Å². The van der Waals surface area contributed by atoms with Gasteiger partial charge in [0.2, 0.25) is 5.82 Å². The molecule has 0 heterocycles. The van der Waals surface area contributed by atoms with E-state index in [0.29, 0.717) is 47.8 Å². The summed E-state index contributed by atoms with van der Waals surface area (Å²) in [5.74, 6) is -5.66. The highest BCUT2D eigenvalue weighted by Crippen LogP contribution is 2.40. The lowest BCUT2D eigenvalue weighted by molar-refractivity contribution is 0.289. The molecule has 0 aromatic heterocycles. The van der Waals surface area contributed by atoms with Crippen LogP contribution in [-0.2, 0) is 0 Å². The highest BCUT2D eigenvalue weighted by Gasteiger charge is 2.25. The Morgan fingerprint density at radius 2 is 1.09 bits per heavy atom. The maximum absolute atomic E-state index is 15.3. The maximum atomic E-state index is 15.3. The van der Waals surface area contributed by atoms with E-state index in [1.165, 1.54) is 24.3 Å². The SMILES string of the molecule is CCCCOc1ccc(-c2ccc(C3=CCC(CCC4CC=C(c5ccc(C)c(F)c5F)CC4)CC3)c(F)c2F)c(F)c1F. The van der Waals surface area contributed by atoms with Crippen LogP contribution in [0.2, 0.25) is 0 Å². The normalized spacial score (nSPS) is 18.6. The van der Waals surface area contributed by atoms with Crippen molar-refractivity contribution in [2.45, 2.75) is 78.1 Å². The molecule has 0 amide bonds. The lowest BCUT2D eigenvalue weighted by Crippen LogP contribution is -2.11. The molecule has 0 aliphatic heterocycles. The summed E-state index contributed by atoms with van der Waals surface area (Å²) in [6, 6.07) is 8.48. The molecular formula is C37H38F6O. The Morgan fingerprint density at radius 3 is 1.64 bits per heavy atom. The first-order chi connectivity index (χ1) is 21.2. The summed E-state index contributed by atoms with van der Waals surface area (Å²) in [5.41, 5.74) is 1.70. The number of benzene rings is 3. The van der Waals surface area contributed by atoms with Gasteiger partial charge in [0.15, 0.2) is 34.8 Å². The maximum Gasteiger partial charge on any atom is 0.201 e. The molecule has 44 heavy (non-hydrogen) atoms. The zero-order chi connectivity index (χ0) is 31.4. The molecule has 2 unspecified atom stereocenters. The van der Waals surface area contributed by atoms with Crippen molar-refractivity contribution in [1.29, 1.82) is 0 Å². The summed E-state index contributed by atoms with van der Waals surface area (Å²) in [4.78, 5) is 0. The van der Waals surface area contributed by atoms with Crippen molar-refractivity contribution in [3.8, 4) is 16.9 Å². The molecule has 0 bridgehead atoms. The van der Waals surface area contributed by atoms with Gasteiger partial charge in [-0.15, -0.1) is 0 Å². The predicted octanol–water partition coefficient (Wildman–Crippen LogP) is 11.5. The largest absolute Gasteiger partial charge is 0.490 e. The fraction of sp³-hybridized carbons (Fsp3) is 0.405. The molecule has 1 nitrogen and oxygen atoms in total. The Morgan fingerprint density at radius 1 is 0.614 bits per heavy atom. The summed E-state index contributed by atoms with van der Waals surface area (Å²) in [6.07, 6.45) is 12.2. The number of rotatable bonds is 10. The third kappa shape index (κ3) is 6.77. The van der Waals surface area contributed by atoms with Crippen molar-refractivity contribution in [2.75, 3.05) is 6.61 Å². The van der Waals surface area contributed by atoms with Crippen LogP contribution in [-0.4, -0.2) is 6.61 Å². The van der Waals surface area contributed by atoms with E-state index in [4.69, 9.17) is 4.74 Å². The van der Waals surface area contributed by atoms with Crippen LogP contribution in [0.4, 0.5) is 26.3 Å². The molecule has 2 aliphatic carbocycles. The third-order valence-electron chi connectivity index (χ3n) is 9.16. The van der Waals surface area contributed by atoms with Crippen LogP contribution >= 0.6 is 0 Å². The first-order valence-corrected chi connectivity index (χ1v) is 15.6. The van der Waals surface area contributed by atoms with Gasteiger partial charge in [-0.2, -0.15) is 4.39 Å². The van der Waals surface area contributed by atoms with E-state index in [9.17, 15) is 17.6 Å². The Balaban J connectivity index is 1.19. The number of halogens is 6. The van der Waals surface area contributed by atoms with Crippen LogP contribution in [0.15, 0.2) is 48.6 Å². The second kappa shape index (κ2) is 14.1. The van der Waals surface area contributed by atoms with E-state index in [2.05, 4.69) is 0 Å². The van der Waals surface area contributed by atoms with Crippen molar-refractivity contribution in [3.63, 3.8) is 0 Å². The fourth-order valence-corrected chi connectivity index (χ4v) is 6.34. The lowest BCUT2D eigenvalue weighted by Gasteiger charge is -2.26. The van der Waals surface area contributed by atoms with E-state index in [-0.39, 0.29) is 29.0 Å². The van der Waals surface area contributed by atoms with Crippen LogP contribution in [0.5, 0.6) is 5.75 Å². The molecule has 0 spiro atoms. The van der Waals surface area contributed by atoms with Gasteiger partial charge in [-0.1, -0.05) is 49.8 Å². The summed E-state index contributed by atoms with van der Waals surface area (Å²) >= 11 is 0. The fourth-order valence-electron chi connectivity index (χ4n) is 6.34. The van der Waals surface area contributed by atoms with Gasteiger partial charge >= 0.3 is 0 Å². The Kier molecular flexibility index (Phi) is 10.2. The molecule has 7 heteroatoms. The van der Waals surface area contributed by atoms with Crippen molar-refractivity contribution >= 4 is 11.1 Å². The summed E-state index contributed by atoms with van der Waals surface area (Å²) in [6.45, 7) is 3.74. The minimum Gasteiger partial charge on any atom is -0.490 e. The lowest BCUT2D eigenvalue weighted by atomic mass is 9.79. The molecule has 5 rings (SSSR count). The van der Waals surface area contributed by atoms with Crippen molar-refractivity contribution in [3.05, 3.63) is 100 Å². The minimum atomic E-state index is -1.27. The quantitative estimate of drug-likeness (QED) is 0.163. The summed E-state index contributed by atoms with van der Waals surface area (Å²) in [5, 5.41) is 0. The van der Waals surface area contributed by atoms with Gasteiger partial charge in [0.05, 0.1) is 6.61 Å². The van der Waals surface area contributed by atoms with Crippen LogP contribution in [0.3, 0.4) is 0 Å². The number of hydrogen-bond donors (Lipinski definition) is 0. The topological polar surface area (TPSA) is 9.23 Å². The average molecular weight is 613 g/mol. The first kappa shape index (κ1) is 31.9. The van der Waals surface area contributed by atoms with Gasteiger partial charge in [0.1, 0.15) is 0 Å². The van der Waals surface area contributed by atoms with Crippen LogP contribution in [0, 0.1) is 53.7 Å². The molecule has 0 radical (unpaired) electrons. The van der Waals surface area contributed by atoms with Crippen molar-refractivity contribution in [1.82, 2.24) is 0 Å². The Labute approximate surface area is 255 Å². The second-order valence-corrected chi connectivity index (χ2v) is 12.1. The number of aryl methyl sites for hydroxylation is 1. The molecule has 3 aromatic rings. The minimum absolute atomic E-state index is 0.148. The zero-order valence-corrected chi connectivity index (χ0v) is 25.2. The van der Waals surface area contributed by atoms with Gasteiger partial charge in [0.25, 0.3) is 0 Å². The summed E-state index contributed by atoms with van der Waals surface area (Å²) in [7, 11) is 0. The molecule has 0 saturated heterocycles. The molecule has 234 valence electrons. The van der Waals surface area contributed by atoms with Gasteiger partial charge < -0.3 is 4.74 Å². The monoisotopic (exact) mass is 612 g/mol. The predicted molar refractivity (Wildman–Crippen MR) is 163 cm³/mol.